The average molecular weight is 306 g/mol. The molecule has 0 unspecified atom stereocenters. The smallest absolute Gasteiger partial charge is 0.181 e. The highest BCUT2D eigenvalue weighted by molar-refractivity contribution is 5.77. The Morgan fingerprint density at radius 1 is 1.13 bits per heavy atom. The van der Waals surface area contributed by atoms with Crippen LogP contribution in [0.3, 0.4) is 0 Å². The summed E-state index contributed by atoms with van der Waals surface area (Å²) in [6.07, 6.45) is 3.02. The Balaban J connectivity index is 2.06. The van der Waals surface area contributed by atoms with Crippen LogP contribution in [0.15, 0.2) is 30.7 Å². The lowest BCUT2D eigenvalue weighted by Gasteiger charge is -2.09. The molecule has 0 bridgehead atoms. The van der Waals surface area contributed by atoms with Crippen LogP contribution in [0, 0.1) is 22.7 Å². The summed E-state index contributed by atoms with van der Waals surface area (Å²) < 4.78 is 10.7. The Bertz CT molecular complexity index is 889. The molecule has 1 N–H and O–H groups in total. The van der Waals surface area contributed by atoms with Gasteiger partial charge in [-0.15, -0.1) is 0 Å². The van der Waals surface area contributed by atoms with Crippen LogP contribution in [0.5, 0.6) is 11.5 Å². The van der Waals surface area contributed by atoms with Crippen LogP contribution in [0.1, 0.15) is 0 Å². The lowest BCUT2D eigenvalue weighted by atomic mass is 10.2. The number of hydrogen-bond acceptors (Lipinski definition) is 7. The van der Waals surface area contributed by atoms with Crippen molar-refractivity contribution >= 4 is 11.2 Å². The van der Waals surface area contributed by atoms with Gasteiger partial charge < -0.3 is 14.5 Å². The third-order valence-corrected chi connectivity index (χ3v) is 2.96. The molecular weight excluding hydrogens is 296 g/mol. The molecule has 0 aliphatic rings. The second-order valence-electron chi connectivity index (χ2n) is 4.40. The van der Waals surface area contributed by atoms with Gasteiger partial charge in [0.1, 0.15) is 41.3 Å². The molecular formula is C15H10N6O2. The van der Waals surface area contributed by atoms with Crippen molar-refractivity contribution in [2.75, 3.05) is 13.2 Å². The first-order valence-corrected chi connectivity index (χ1v) is 6.61. The first-order chi connectivity index (χ1) is 11.3. The Hall–Kier alpha value is -3.65. The number of ether oxygens (including phenoxy) is 2. The number of hydrogen-bond donors (Lipinski definition) is 1. The van der Waals surface area contributed by atoms with Gasteiger partial charge in [-0.2, -0.15) is 10.5 Å². The number of nitriles is 2. The van der Waals surface area contributed by atoms with Crippen LogP contribution < -0.4 is 9.47 Å². The molecule has 0 saturated heterocycles. The maximum absolute atomic E-state index is 8.70. The standard InChI is InChI=1S/C15H10N6O2/c16-3-5-22-10-1-2-13(23-6-4-17)11(7-10)14-20-12-8-18-9-19-15(12)21-14/h1-2,7-9H,5-6H2,(H,18,19,20,21). The molecule has 0 radical (unpaired) electrons. The van der Waals surface area contributed by atoms with Gasteiger partial charge in [-0.1, -0.05) is 0 Å². The fourth-order valence-electron chi connectivity index (χ4n) is 2.02. The van der Waals surface area contributed by atoms with Gasteiger partial charge in [0.15, 0.2) is 18.9 Å². The maximum atomic E-state index is 8.70. The minimum Gasteiger partial charge on any atom is -0.479 e. The Morgan fingerprint density at radius 3 is 2.74 bits per heavy atom. The SMILES string of the molecule is N#CCOc1ccc(OCC#N)c(-c2nc3ncncc3[nH]2)c1. The highest BCUT2D eigenvalue weighted by Gasteiger charge is 2.13. The largest absolute Gasteiger partial charge is 0.479 e. The van der Waals surface area contributed by atoms with Crippen LogP contribution in [0.25, 0.3) is 22.6 Å². The lowest BCUT2D eigenvalue weighted by molar-refractivity contribution is 0.359. The third-order valence-electron chi connectivity index (χ3n) is 2.96. The van der Waals surface area contributed by atoms with Gasteiger partial charge in [-0.05, 0) is 18.2 Å². The summed E-state index contributed by atoms with van der Waals surface area (Å²) in [4.78, 5) is 15.5. The summed E-state index contributed by atoms with van der Waals surface area (Å²) in [6, 6.07) is 8.85. The third kappa shape index (κ3) is 3.01. The molecule has 2 aromatic heterocycles. The first-order valence-electron chi connectivity index (χ1n) is 6.61. The van der Waals surface area contributed by atoms with E-state index in [0.717, 1.165) is 0 Å². The van der Waals surface area contributed by atoms with Gasteiger partial charge in [-0.3, -0.25) is 0 Å². The number of rotatable bonds is 5. The predicted octanol–water partition coefficient (Wildman–Crippen LogP) is 1.82. The van der Waals surface area contributed by atoms with Crippen molar-refractivity contribution in [3.63, 3.8) is 0 Å². The van der Waals surface area contributed by atoms with Gasteiger partial charge in [0, 0.05) is 0 Å². The maximum Gasteiger partial charge on any atom is 0.181 e. The van der Waals surface area contributed by atoms with Crippen LogP contribution >= 0.6 is 0 Å². The van der Waals surface area contributed by atoms with E-state index in [1.807, 2.05) is 12.1 Å². The van der Waals surface area contributed by atoms with Crippen molar-refractivity contribution in [2.45, 2.75) is 0 Å². The molecule has 8 nitrogen and oxygen atoms in total. The number of benzene rings is 1. The normalized spacial score (nSPS) is 10.0. The summed E-state index contributed by atoms with van der Waals surface area (Å²) >= 11 is 0. The van der Waals surface area contributed by atoms with E-state index in [0.29, 0.717) is 34.1 Å². The molecule has 0 atom stereocenters. The zero-order chi connectivity index (χ0) is 16.1. The van der Waals surface area contributed by atoms with E-state index in [1.54, 1.807) is 24.4 Å². The molecule has 1 aromatic carbocycles. The van der Waals surface area contributed by atoms with Crippen LogP contribution in [0.2, 0.25) is 0 Å². The van der Waals surface area contributed by atoms with E-state index < -0.39 is 0 Å². The molecule has 0 aliphatic carbocycles. The van der Waals surface area contributed by atoms with E-state index >= 15 is 0 Å². The van der Waals surface area contributed by atoms with Crippen molar-refractivity contribution in [1.82, 2.24) is 19.9 Å². The number of imidazole rings is 1. The zero-order valence-electron chi connectivity index (χ0n) is 11.9. The highest BCUT2D eigenvalue weighted by atomic mass is 16.5. The van der Waals surface area contributed by atoms with Crippen molar-refractivity contribution in [3.8, 4) is 35.0 Å². The molecule has 3 rings (SSSR count). The minimum absolute atomic E-state index is 0.0660. The van der Waals surface area contributed by atoms with Crippen molar-refractivity contribution in [2.24, 2.45) is 0 Å². The molecule has 0 aliphatic heterocycles. The first kappa shape index (κ1) is 14.3. The van der Waals surface area contributed by atoms with Crippen molar-refractivity contribution < 1.29 is 9.47 Å². The molecule has 0 spiro atoms. The van der Waals surface area contributed by atoms with Gasteiger partial charge in [0.05, 0.1) is 11.8 Å². The minimum atomic E-state index is -0.0918. The van der Waals surface area contributed by atoms with E-state index in [4.69, 9.17) is 20.0 Å². The Labute approximate surface area is 131 Å². The average Bonchev–Trinajstić information content (AvgIpc) is 3.02. The molecule has 0 amide bonds. The van der Waals surface area contributed by atoms with E-state index in [1.165, 1.54) is 6.33 Å². The molecule has 8 heteroatoms. The van der Waals surface area contributed by atoms with E-state index in [-0.39, 0.29) is 13.2 Å². The summed E-state index contributed by atoms with van der Waals surface area (Å²) in [5, 5.41) is 17.3. The lowest BCUT2D eigenvalue weighted by Crippen LogP contribution is -1.98. The fourth-order valence-corrected chi connectivity index (χ4v) is 2.02. The number of aromatic nitrogens is 4. The molecule has 23 heavy (non-hydrogen) atoms. The second kappa shape index (κ2) is 6.41. The number of nitrogens with one attached hydrogen (secondary N) is 1. The fraction of sp³-hybridized carbons (Fsp3) is 0.133. The summed E-state index contributed by atoms with van der Waals surface area (Å²) in [6.45, 7) is -0.158. The Morgan fingerprint density at radius 2 is 1.96 bits per heavy atom. The summed E-state index contributed by atoms with van der Waals surface area (Å²) in [7, 11) is 0. The van der Waals surface area contributed by atoms with Gasteiger partial charge >= 0.3 is 0 Å². The quantitative estimate of drug-likeness (QED) is 0.763. The molecule has 112 valence electrons. The number of nitrogens with zero attached hydrogens (tertiary/aromatic N) is 5. The summed E-state index contributed by atoms with van der Waals surface area (Å²) in [5.74, 6) is 1.48. The molecule has 0 saturated carbocycles. The topological polar surface area (TPSA) is 120 Å². The van der Waals surface area contributed by atoms with Gasteiger partial charge in [-0.25, -0.2) is 15.0 Å². The number of aromatic amines is 1. The monoisotopic (exact) mass is 306 g/mol. The van der Waals surface area contributed by atoms with E-state index in [2.05, 4.69) is 19.9 Å². The number of H-pyrrole nitrogens is 1. The van der Waals surface area contributed by atoms with Crippen LogP contribution in [-0.4, -0.2) is 33.1 Å². The molecule has 0 fully saturated rings. The predicted molar refractivity (Wildman–Crippen MR) is 79.3 cm³/mol. The van der Waals surface area contributed by atoms with Gasteiger partial charge in [0.2, 0.25) is 0 Å². The van der Waals surface area contributed by atoms with Crippen LogP contribution in [-0.2, 0) is 0 Å². The molecule has 3 aromatic rings. The highest BCUT2D eigenvalue weighted by Crippen LogP contribution is 2.32. The number of fused-ring (bicyclic) bond motifs is 1. The summed E-state index contributed by atoms with van der Waals surface area (Å²) in [5.41, 5.74) is 1.80. The molecule has 2 heterocycles. The van der Waals surface area contributed by atoms with Gasteiger partial charge in [0.25, 0.3) is 0 Å². The van der Waals surface area contributed by atoms with Crippen LogP contribution in [0.4, 0.5) is 0 Å². The Kier molecular flexibility index (Phi) is 3.99. The van der Waals surface area contributed by atoms with Crippen molar-refractivity contribution in [1.29, 1.82) is 10.5 Å². The second-order valence-corrected chi connectivity index (χ2v) is 4.40. The van der Waals surface area contributed by atoms with E-state index in [9.17, 15) is 0 Å². The zero-order valence-corrected chi connectivity index (χ0v) is 11.9. The van der Waals surface area contributed by atoms with Crippen molar-refractivity contribution in [3.05, 3.63) is 30.7 Å².